The fourth-order valence-electron chi connectivity index (χ4n) is 0.474. The predicted molar refractivity (Wildman–Crippen MR) is 40.8 cm³/mol. The molecule has 0 saturated carbocycles. The molecule has 0 bridgehead atoms. The lowest BCUT2D eigenvalue weighted by atomic mass is 10.4. The van der Waals surface area contributed by atoms with E-state index in [4.69, 9.17) is 5.73 Å². The average molecular weight is 158 g/mol. The highest BCUT2D eigenvalue weighted by Crippen LogP contribution is 2.10. The first-order valence-electron chi connectivity index (χ1n) is 3.03. The van der Waals surface area contributed by atoms with Crippen LogP contribution in [-0.4, -0.2) is 27.0 Å². The van der Waals surface area contributed by atoms with Gasteiger partial charge in [-0.15, -0.1) is 0 Å². The van der Waals surface area contributed by atoms with Crippen molar-refractivity contribution in [1.29, 1.82) is 0 Å². The smallest absolute Gasteiger partial charge is 0.183 e. The van der Waals surface area contributed by atoms with Gasteiger partial charge >= 0.3 is 0 Å². The van der Waals surface area contributed by atoms with Crippen LogP contribution in [0.4, 0.5) is 0 Å². The molecule has 1 unspecified atom stereocenters. The number of H-pyrrole nitrogens is 1. The van der Waals surface area contributed by atoms with Gasteiger partial charge < -0.3 is 5.73 Å². The molecule has 0 saturated heterocycles. The van der Waals surface area contributed by atoms with Crippen LogP contribution in [0.25, 0.3) is 0 Å². The van der Waals surface area contributed by atoms with Crippen LogP contribution >= 0.6 is 11.8 Å². The van der Waals surface area contributed by atoms with Crippen LogP contribution in [0.2, 0.25) is 0 Å². The normalized spacial score (nSPS) is 13.4. The summed E-state index contributed by atoms with van der Waals surface area (Å²) in [6.45, 7) is 1.96. The predicted octanol–water partition coefficient (Wildman–Crippen LogP) is 0.244. The Balaban J connectivity index is 2.28. The van der Waals surface area contributed by atoms with Crippen LogP contribution in [0.5, 0.6) is 0 Å². The lowest BCUT2D eigenvalue weighted by molar-refractivity contribution is 0.842. The topological polar surface area (TPSA) is 67.6 Å². The summed E-state index contributed by atoms with van der Waals surface area (Å²) in [5.74, 6) is 0.870. The number of nitrogens with zero attached hydrogens (tertiary/aromatic N) is 2. The minimum absolute atomic E-state index is 0.204. The highest BCUT2D eigenvalue weighted by atomic mass is 32.2. The molecule has 56 valence electrons. The van der Waals surface area contributed by atoms with Crippen LogP contribution in [0.3, 0.4) is 0 Å². The molecule has 1 atom stereocenters. The Morgan fingerprint density at radius 2 is 2.70 bits per heavy atom. The molecule has 1 rings (SSSR count). The summed E-state index contributed by atoms with van der Waals surface area (Å²) in [7, 11) is 0. The standard InChI is InChI=1S/C5H10N4S/c1-4(6)2-10-5-7-3-8-9-5/h3-4H,2,6H2,1H3,(H,7,8,9). The molecule has 0 aromatic carbocycles. The largest absolute Gasteiger partial charge is 0.327 e. The molecule has 0 aliphatic carbocycles. The average Bonchev–Trinajstić information content (AvgIpc) is 2.34. The van der Waals surface area contributed by atoms with E-state index in [1.54, 1.807) is 11.8 Å². The third-order valence-corrected chi connectivity index (χ3v) is 2.04. The van der Waals surface area contributed by atoms with Crippen molar-refractivity contribution in [1.82, 2.24) is 15.2 Å². The fraction of sp³-hybridized carbons (Fsp3) is 0.600. The van der Waals surface area contributed by atoms with Crippen LogP contribution in [0.1, 0.15) is 6.92 Å². The lowest BCUT2D eigenvalue weighted by Gasteiger charge is -1.99. The molecule has 0 aliphatic heterocycles. The maximum atomic E-state index is 5.53. The molecule has 5 heteroatoms. The Bertz CT molecular complexity index is 172. The van der Waals surface area contributed by atoms with Crippen molar-refractivity contribution in [2.24, 2.45) is 5.73 Å². The van der Waals surface area contributed by atoms with E-state index >= 15 is 0 Å². The maximum absolute atomic E-state index is 5.53. The Morgan fingerprint density at radius 3 is 3.20 bits per heavy atom. The first-order valence-corrected chi connectivity index (χ1v) is 4.01. The highest BCUT2D eigenvalue weighted by molar-refractivity contribution is 7.99. The van der Waals surface area contributed by atoms with E-state index in [1.807, 2.05) is 6.92 Å². The summed E-state index contributed by atoms with van der Waals surface area (Å²) >= 11 is 1.58. The molecule has 4 nitrogen and oxygen atoms in total. The zero-order valence-corrected chi connectivity index (χ0v) is 6.56. The zero-order chi connectivity index (χ0) is 7.40. The number of nitrogens with one attached hydrogen (secondary N) is 1. The van der Waals surface area contributed by atoms with Crippen molar-refractivity contribution in [3.63, 3.8) is 0 Å². The monoisotopic (exact) mass is 158 g/mol. The van der Waals surface area contributed by atoms with E-state index in [0.717, 1.165) is 10.9 Å². The van der Waals surface area contributed by atoms with Crippen LogP contribution in [0.15, 0.2) is 11.5 Å². The van der Waals surface area contributed by atoms with E-state index in [-0.39, 0.29) is 6.04 Å². The van der Waals surface area contributed by atoms with E-state index in [9.17, 15) is 0 Å². The number of rotatable bonds is 3. The first kappa shape index (κ1) is 7.56. The lowest BCUT2D eigenvalue weighted by Crippen LogP contribution is -2.17. The van der Waals surface area contributed by atoms with E-state index in [1.165, 1.54) is 6.33 Å². The van der Waals surface area contributed by atoms with Gasteiger partial charge in [-0.3, -0.25) is 5.10 Å². The van der Waals surface area contributed by atoms with E-state index < -0.39 is 0 Å². The molecular formula is C5H10N4S. The summed E-state index contributed by atoms with van der Waals surface area (Å²) in [6, 6.07) is 0.204. The molecule has 0 aliphatic rings. The van der Waals surface area contributed by atoms with Crippen molar-refractivity contribution >= 4 is 11.8 Å². The summed E-state index contributed by atoms with van der Waals surface area (Å²) in [6.07, 6.45) is 1.49. The summed E-state index contributed by atoms with van der Waals surface area (Å²) in [4.78, 5) is 3.93. The SMILES string of the molecule is CC(N)CSc1ncn[nH]1. The van der Waals surface area contributed by atoms with Crippen molar-refractivity contribution in [3.8, 4) is 0 Å². The molecule has 0 amide bonds. The number of nitrogens with two attached hydrogens (primary N) is 1. The van der Waals surface area contributed by atoms with Gasteiger partial charge in [0.05, 0.1) is 0 Å². The number of aromatic nitrogens is 3. The number of hydrogen-bond acceptors (Lipinski definition) is 4. The Morgan fingerprint density at radius 1 is 1.90 bits per heavy atom. The Hall–Kier alpha value is -0.550. The Labute approximate surface area is 63.6 Å². The minimum atomic E-state index is 0.204. The van der Waals surface area contributed by atoms with Crippen molar-refractivity contribution in [2.75, 3.05) is 5.75 Å². The van der Waals surface area contributed by atoms with Crippen LogP contribution in [0, 0.1) is 0 Å². The molecule has 1 aromatic rings. The van der Waals surface area contributed by atoms with Gasteiger partial charge in [-0.25, -0.2) is 4.98 Å². The zero-order valence-electron chi connectivity index (χ0n) is 5.74. The van der Waals surface area contributed by atoms with Gasteiger partial charge in [0.15, 0.2) is 5.16 Å². The molecule has 0 spiro atoms. The maximum Gasteiger partial charge on any atom is 0.183 e. The number of hydrogen-bond donors (Lipinski definition) is 2. The Kier molecular flexibility index (Phi) is 2.70. The second kappa shape index (κ2) is 3.58. The van der Waals surface area contributed by atoms with E-state index in [0.29, 0.717) is 0 Å². The van der Waals surface area contributed by atoms with Crippen molar-refractivity contribution < 1.29 is 0 Å². The van der Waals surface area contributed by atoms with Gasteiger partial charge in [0.25, 0.3) is 0 Å². The molecule has 1 heterocycles. The number of aromatic amines is 1. The molecule has 10 heavy (non-hydrogen) atoms. The van der Waals surface area contributed by atoms with Gasteiger partial charge in [0.1, 0.15) is 6.33 Å². The van der Waals surface area contributed by atoms with Gasteiger partial charge in [-0.05, 0) is 6.92 Å². The van der Waals surface area contributed by atoms with Crippen molar-refractivity contribution in [3.05, 3.63) is 6.33 Å². The van der Waals surface area contributed by atoms with Crippen LogP contribution in [-0.2, 0) is 0 Å². The minimum Gasteiger partial charge on any atom is -0.327 e. The number of thioether (sulfide) groups is 1. The summed E-state index contributed by atoms with van der Waals surface area (Å²) in [5.41, 5.74) is 5.53. The van der Waals surface area contributed by atoms with Crippen LogP contribution < -0.4 is 5.73 Å². The quantitative estimate of drug-likeness (QED) is 0.618. The van der Waals surface area contributed by atoms with Gasteiger partial charge in [-0.1, -0.05) is 11.8 Å². The third-order valence-electron chi connectivity index (χ3n) is 0.876. The molecule has 3 N–H and O–H groups in total. The molecule has 1 aromatic heterocycles. The summed E-state index contributed by atoms with van der Waals surface area (Å²) in [5, 5.41) is 7.27. The fourth-order valence-corrected chi connectivity index (χ4v) is 1.13. The van der Waals surface area contributed by atoms with E-state index in [2.05, 4.69) is 15.2 Å². The highest BCUT2D eigenvalue weighted by Gasteiger charge is 1.98. The van der Waals surface area contributed by atoms with Gasteiger partial charge in [-0.2, -0.15) is 5.10 Å². The molecule has 0 fully saturated rings. The molecule has 0 radical (unpaired) electrons. The molecular weight excluding hydrogens is 148 g/mol. The summed E-state index contributed by atoms with van der Waals surface area (Å²) < 4.78 is 0. The van der Waals surface area contributed by atoms with Gasteiger partial charge in [0, 0.05) is 11.8 Å². The van der Waals surface area contributed by atoms with Gasteiger partial charge in [0.2, 0.25) is 0 Å². The second-order valence-electron chi connectivity index (χ2n) is 2.08. The third kappa shape index (κ3) is 2.36. The first-order chi connectivity index (χ1) is 4.79. The second-order valence-corrected chi connectivity index (χ2v) is 3.09. The van der Waals surface area contributed by atoms with Crippen molar-refractivity contribution in [2.45, 2.75) is 18.1 Å².